The topological polar surface area (TPSA) is 83.3 Å². The second-order valence-corrected chi connectivity index (χ2v) is 5.01. The molecular formula is C15H8N4O2. The van der Waals surface area contributed by atoms with Crippen molar-refractivity contribution in [2.45, 2.75) is 0 Å². The van der Waals surface area contributed by atoms with Crippen LogP contribution in [0, 0.1) is 0 Å². The number of benzene rings is 1. The van der Waals surface area contributed by atoms with Gasteiger partial charge in [0.2, 0.25) is 5.88 Å². The number of hydrogen-bond donors (Lipinski definition) is 2. The summed E-state index contributed by atoms with van der Waals surface area (Å²) >= 11 is 0. The second-order valence-electron chi connectivity index (χ2n) is 5.01. The van der Waals surface area contributed by atoms with Gasteiger partial charge in [0, 0.05) is 17.0 Å². The number of nitrogens with zero attached hydrogens (tertiary/aromatic N) is 3. The number of aromatic nitrogens is 4. The minimum absolute atomic E-state index is 0.131. The molecule has 0 saturated carbocycles. The van der Waals surface area contributed by atoms with Gasteiger partial charge in [-0.05, 0) is 12.1 Å². The van der Waals surface area contributed by atoms with Gasteiger partial charge in [0.25, 0.3) is 5.56 Å². The maximum Gasteiger partial charge on any atom is 0.259 e. The fraction of sp³-hybridized carbons (Fsp3) is 0. The molecule has 6 nitrogen and oxygen atoms in total. The fourth-order valence-electron chi connectivity index (χ4n) is 3.07. The van der Waals surface area contributed by atoms with Crippen molar-refractivity contribution >= 4 is 38.2 Å². The van der Waals surface area contributed by atoms with E-state index in [0.29, 0.717) is 27.3 Å². The Morgan fingerprint density at radius 3 is 2.86 bits per heavy atom. The Morgan fingerprint density at radius 1 is 1.10 bits per heavy atom. The number of H-pyrrole nitrogens is 1. The van der Waals surface area contributed by atoms with E-state index in [0.717, 1.165) is 10.9 Å². The number of pyridine rings is 1. The van der Waals surface area contributed by atoms with E-state index in [1.807, 2.05) is 24.3 Å². The molecule has 4 aromatic heterocycles. The number of hydrogen-bond acceptors (Lipinski definition) is 4. The lowest BCUT2D eigenvalue weighted by Gasteiger charge is -1.99. The van der Waals surface area contributed by atoms with E-state index in [1.54, 1.807) is 16.8 Å². The first kappa shape index (κ1) is 10.6. The highest BCUT2D eigenvalue weighted by Gasteiger charge is 2.20. The predicted molar refractivity (Wildman–Crippen MR) is 79.0 cm³/mol. The lowest BCUT2D eigenvalue weighted by molar-refractivity contribution is 0.462. The van der Waals surface area contributed by atoms with Crippen molar-refractivity contribution in [3.05, 3.63) is 46.9 Å². The Bertz CT molecular complexity index is 1220. The van der Waals surface area contributed by atoms with Gasteiger partial charge in [0.15, 0.2) is 5.65 Å². The van der Waals surface area contributed by atoms with Crippen LogP contribution in [-0.4, -0.2) is 24.7 Å². The molecule has 0 amide bonds. The van der Waals surface area contributed by atoms with Crippen molar-refractivity contribution in [2.75, 3.05) is 0 Å². The van der Waals surface area contributed by atoms with Crippen LogP contribution in [0.4, 0.5) is 0 Å². The molecule has 6 heteroatoms. The summed E-state index contributed by atoms with van der Waals surface area (Å²) in [5.41, 5.74) is 1.79. The number of fused-ring (bicyclic) bond motifs is 8. The number of rotatable bonds is 0. The van der Waals surface area contributed by atoms with E-state index >= 15 is 0 Å². The van der Waals surface area contributed by atoms with Gasteiger partial charge < -0.3 is 5.11 Å². The Morgan fingerprint density at radius 2 is 1.95 bits per heavy atom. The van der Waals surface area contributed by atoms with E-state index in [4.69, 9.17) is 0 Å². The largest absolute Gasteiger partial charge is 0.494 e. The summed E-state index contributed by atoms with van der Waals surface area (Å²) in [7, 11) is 0. The van der Waals surface area contributed by atoms with Gasteiger partial charge in [-0.2, -0.15) is 5.10 Å². The molecule has 2 N–H and O–H groups in total. The molecule has 0 aliphatic carbocycles. The van der Waals surface area contributed by atoms with Gasteiger partial charge in [0.05, 0.1) is 21.8 Å². The molecule has 5 rings (SSSR count). The van der Waals surface area contributed by atoms with Crippen LogP contribution in [0.15, 0.2) is 41.3 Å². The van der Waals surface area contributed by atoms with Crippen LogP contribution in [0.5, 0.6) is 5.88 Å². The Hall–Kier alpha value is -3.15. The summed E-state index contributed by atoms with van der Waals surface area (Å²) in [6, 6.07) is 9.38. The zero-order valence-electron chi connectivity index (χ0n) is 10.7. The van der Waals surface area contributed by atoms with Crippen LogP contribution in [0.2, 0.25) is 0 Å². The fourth-order valence-corrected chi connectivity index (χ4v) is 3.07. The van der Waals surface area contributed by atoms with Crippen LogP contribution in [0.1, 0.15) is 0 Å². The molecule has 4 heterocycles. The molecule has 0 bridgehead atoms. The van der Waals surface area contributed by atoms with E-state index < -0.39 is 0 Å². The highest BCUT2D eigenvalue weighted by molar-refractivity contribution is 6.19. The molecule has 0 spiro atoms. The third-order valence-corrected chi connectivity index (χ3v) is 3.91. The average molecular weight is 276 g/mol. The minimum Gasteiger partial charge on any atom is -0.494 e. The molecule has 21 heavy (non-hydrogen) atoms. The predicted octanol–water partition coefficient (Wildman–Crippen LogP) is 2.02. The van der Waals surface area contributed by atoms with Crippen LogP contribution >= 0.6 is 0 Å². The minimum atomic E-state index is -0.312. The van der Waals surface area contributed by atoms with Gasteiger partial charge in [-0.15, -0.1) is 0 Å². The van der Waals surface area contributed by atoms with Crippen molar-refractivity contribution in [1.82, 2.24) is 19.6 Å². The number of nitrogens with one attached hydrogen (secondary N) is 1. The van der Waals surface area contributed by atoms with E-state index in [2.05, 4.69) is 15.1 Å². The summed E-state index contributed by atoms with van der Waals surface area (Å²) in [5.74, 6) is -0.131. The molecule has 0 aliphatic rings. The Labute approximate surface area is 116 Å². The zero-order chi connectivity index (χ0) is 14.1. The van der Waals surface area contributed by atoms with Gasteiger partial charge in [-0.25, -0.2) is 9.50 Å². The lowest BCUT2D eigenvalue weighted by atomic mass is 10.1. The maximum atomic E-state index is 12.1. The monoisotopic (exact) mass is 276 g/mol. The maximum absolute atomic E-state index is 12.1. The van der Waals surface area contributed by atoms with Crippen molar-refractivity contribution < 1.29 is 5.11 Å². The standard InChI is InChI=1S/C15H8N4O2/c20-14-10-8-5-6-16-13(8)19-12(11(10)15(21)17-14)7-3-1-2-4-9(7)18-19/h1-6,21H,(H,17,20). The Kier molecular flexibility index (Phi) is 1.66. The third kappa shape index (κ3) is 1.11. The Balaban J connectivity index is 2.32. The van der Waals surface area contributed by atoms with Gasteiger partial charge in [0.1, 0.15) is 0 Å². The molecule has 1 aromatic carbocycles. The molecule has 0 aliphatic heterocycles. The van der Waals surface area contributed by atoms with Gasteiger partial charge >= 0.3 is 0 Å². The van der Waals surface area contributed by atoms with E-state index in [-0.39, 0.29) is 11.4 Å². The highest BCUT2D eigenvalue weighted by Crippen LogP contribution is 2.35. The number of aromatic hydroxyl groups is 1. The summed E-state index contributed by atoms with van der Waals surface area (Å²) in [6.07, 6.45) is 1.64. The number of aromatic amines is 1. The summed E-state index contributed by atoms with van der Waals surface area (Å²) in [6.45, 7) is 0. The van der Waals surface area contributed by atoms with Crippen LogP contribution in [0.25, 0.3) is 38.2 Å². The van der Waals surface area contributed by atoms with E-state index in [9.17, 15) is 9.90 Å². The molecule has 0 radical (unpaired) electrons. The first-order chi connectivity index (χ1) is 10.3. The average Bonchev–Trinajstić information content (AvgIpc) is 3.14. The SMILES string of the molecule is O=c1[nH]c(O)c2c1c1ccnc1n1nc3ccccc3c21. The molecule has 0 saturated heterocycles. The van der Waals surface area contributed by atoms with Crippen molar-refractivity contribution in [3.8, 4) is 5.88 Å². The first-order valence-corrected chi connectivity index (χ1v) is 6.48. The lowest BCUT2D eigenvalue weighted by Crippen LogP contribution is -1.99. The van der Waals surface area contributed by atoms with Gasteiger partial charge in [-0.1, -0.05) is 18.2 Å². The van der Waals surface area contributed by atoms with E-state index in [1.165, 1.54) is 0 Å². The molecule has 0 fully saturated rings. The van der Waals surface area contributed by atoms with Crippen LogP contribution < -0.4 is 5.56 Å². The summed E-state index contributed by atoms with van der Waals surface area (Å²) in [4.78, 5) is 18.9. The summed E-state index contributed by atoms with van der Waals surface area (Å²) in [5, 5.41) is 17.2. The first-order valence-electron chi connectivity index (χ1n) is 6.48. The van der Waals surface area contributed by atoms with Gasteiger partial charge in [-0.3, -0.25) is 9.78 Å². The smallest absolute Gasteiger partial charge is 0.259 e. The molecule has 100 valence electrons. The van der Waals surface area contributed by atoms with Crippen molar-refractivity contribution in [3.63, 3.8) is 0 Å². The quantitative estimate of drug-likeness (QED) is 0.453. The van der Waals surface area contributed by atoms with Crippen molar-refractivity contribution in [2.24, 2.45) is 0 Å². The van der Waals surface area contributed by atoms with Crippen molar-refractivity contribution in [1.29, 1.82) is 0 Å². The highest BCUT2D eigenvalue weighted by atomic mass is 16.3. The normalized spacial score (nSPS) is 12.2. The van der Waals surface area contributed by atoms with Crippen LogP contribution in [0.3, 0.4) is 0 Å². The molecule has 0 atom stereocenters. The third-order valence-electron chi connectivity index (χ3n) is 3.91. The molecule has 0 unspecified atom stereocenters. The van der Waals surface area contributed by atoms with Crippen LogP contribution in [-0.2, 0) is 0 Å². The zero-order valence-corrected chi connectivity index (χ0v) is 10.7. The second kappa shape index (κ2) is 3.29. The molecule has 5 aromatic rings. The summed E-state index contributed by atoms with van der Waals surface area (Å²) < 4.78 is 1.69. The molecular weight excluding hydrogens is 268 g/mol.